The van der Waals surface area contributed by atoms with Crippen LogP contribution in [0.5, 0.6) is 0 Å². The summed E-state index contributed by atoms with van der Waals surface area (Å²) in [5, 5.41) is -0.0124. The van der Waals surface area contributed by atoms with E-state index in [4.69, 9.17) is 16.3 Å². The van der Waals surface area contributed by atoms with Gasteiger partial charge in [0, 0.05) is 24.7 Å². The SMILES string of the molecule is CCOC(=O)[C@H]1CCCN1C(=O)c1cn(CC)c2cc(Cl)c(F)cc2c1=O. The maximum Gasteiger partial charge on any atom is 0.328 e. The van der Waals surface area contributed by atoms with Gasteiger partial charge in [0.25, 0.3) is 5.91 Å². The van der Waals surface area contributed by atoms with E-state index in [9.17, 15) is 18.8 Å². The van der Waals surface area contributed by atoms with Crippen molar-refractivity contribution in [2.45, 2.75) is 39.3 Å². The lowest BCUT2D eigenvalue weighted by atomic mass is 10.1. The minimum absolute atomic E-state index is 0.0801. The Kier molecular flexibility index (Phi) is 5.51. The van der Waals surface area contributed by atoms with Crippen LogP contribution in [-0.4, -0.2) is 40.5 Å². The van der Waals surface area contributed by atoms with Crippen molar-refractivity contribution in [2.24, 2.45) is 0 Å². The molecule has 1 aromatic heterocycles. The van der Waals surface area contributed by atoms with E-state index in [1.54, 1.807) is 11.5 Å². The van der Waals surface area contributed by atoms with Gasteiger partial charge in [-0.25, -0.2) is 9.18 Å². The van der Waals surface area contributed by atoms with Crippen LogP contribution in [0.3, 0.4) is 0 Å². The first-order valence-electron chi connectivity index (χ1n) is 8.88. The molecule has 0 bridgehead atoms. The number of aryl methyl sites for hydroxylation is 1. The lowest BCUT2D eigenvalue weighted by Crippen LogP contribution is -2.43. The number of benzene rings is 1. The summed E-state index contributed by atoms with van der Waals surface area (Å²) < 4.78 is 20.6. The summed E-state index contributed by atoms with van der Waals surface area (Å²) in [7, 11) is 0. The predicted molar refractivity (Wildman–Crippen MR) is 99.5 cm³/mol. The third-order valence-electron chi connectivity index (χ3n) is 4.77. The van der Waals surface area contributed by atoms with E-state index in [-0.39, 0.29) is 22.6 Å². The van der Waals surface area contributed by atoms with E-state index in [1.807, 2.05) is 6.92 Å². The highest BCUT2D eigenvalue weighted by molar-refractivity contribution is 6.31. The van der Waals surface area contributed by atoms with Gasteiger partial charge in [0.1, 0.15) is 17.4 Å². The van der Waals surface area contributed by atoms with E-state index in [0.29, 0.717) is 31.4 Å². The molecule has 1 aromatic carbocycles. The number of amides is 1. The lowest BCUT2D eigenvalue weighted by Gasteiger charge is -2.23. The molecule has 1 atom stereocenters. The van der Waals surface area contributed by atoms with Crippen LogP contribution >= 0.6 is 11.6 Å². The number of hydrogen-bond donors (Lipinski definition) is 0. The van der Waals surface area contributed by atoms with Crippen LogP contribution < -0.4 is 5.43 Å². The minimum atomic E-state index is -0.723. The second-order valence-corrected chi connectivity index (χ2v) is 6.76. The van der Waals surface area contributed by atoms with Gasteiger partial charge in [-0.2, -0.15) is 0 Å². The summed E-state index contributed by atoms with van der Waals surface area (Å²) in [6, 6.07) is 1.72. The highest BCUT2D eigenvalue weighted by atomic mass is 35.5. The average molecular weight is 395 g/mol. The maximum absolute atomic E-state index is 13.9. The van der Waals surface area contributed by atoms with Crippen molar-refractivity contribution < 1.29 is 18.7 Å². The third kappa shape index (κ3) is 3.43. The number of ether oxygens (including phenoxy) is 1. The number of hydrogen-bond acceptors (Lipinski definition) is 4. The normalized spacial score (nSPS) is 16.7. The molecule has 0 radical (unpaired) electrons. The highest BCUT2D eigenvalue weighted by Crippen LogP contribution is 2.24. The first-order chi connectivity index (χ1) is 12.9. The number of fused-ring (bicyclic) bond motifs is 1. The second-order valence-electron chi connectivity index (χ2n) is 6.35. The van der Waals surface area contributed by atoms with Crippen LogP contribution in [0, 0.1) is 5.82 Å². The molecular weight excluding hydrogens is 375 g/mol. The van der Waals surface area contributed by atoms with Crippen LogP contribution in [-0.2, 0) is 16.1 Å². The molecule has 6 nitrogen and oxygen atoms in total. The lowest BCUT2D eigenvalue weighted by molar-refractivity contribution is -0.147. The molecule has 1 saturated heterocycles. The largest absolute Gasteiger partial charge is 0.464 e. The van der Waals surface area contributed by atoms with Gasteiger partial charge in [0.05, 0.1) is 17.1 Å². The molecule has 2 aromatic rings. The smallest absolute Gasteiger partial charge is 0.328 e. The molecule has 8 heteroatoms. The number of likely N-dealkylation sites (tertiary alicyclic amines) is 1. The van der Waals surface area contributed by atoms with Crippen molar-refractivity contribution >= 4 is 34.4 Å². The molecule has 0 saturated carbocycles. The van der Waals surface area contributed by atoms with Crippen LogP contribution in [0.15, 0.2) is 23.1 Å². The zero-order chi connectivity index (χ0) is 19.7. The number of rotatable bonds is 4. The Hall–Kier alpha value is -2.41. The molecular formula is C19H20ClFN2O4. The van der Waals surface area contributed by atoms with Gasteiger partial charge in [0.15, 0.2) is 0 Å². The van der Waals surface area contributed by atoms with Gasteiger partial charge in [-0.15, -0.1) is 0 Å². The number of pyridine rings is 1. The molecule has 0 unspecified atom stereocenters. The van der Waals surface area contributed by atoms with Crippen LogP contribution in [0.1, 0.15) is 37.0 Å². The van der Waals surface area contributed by atoms with E-state index in [1.165, 1.54) is 17.2 Å². The Morgan fingerprint density at radius 3 is 2.74 bits per heavy atom. The molecule has 1 amide bonds. The van der Waals surface area contributed by atoms with Gasteiger partial charge in [-0.3, -0.25) is 9.59 Å². The van der Waals surface area contributed by atoms with E-state index in [0.717, 1.165) is 6.07 Å². The molecule has 0 N–H and O–H groups in total. The summed E-state index contributed by atoms with van der Waals surface area (Å²) >= 11 is 5.84. The molecule has 3 rings (SSSR count). The van der Waals surface area contributed by atoms with Crippen molar-refractivity contribution in [1.82, 2.24) is 9.47 Å². The Labute approximate surface area is 160 Å². The van der Waals surface area contributed by atoms with E-state index < -0.39 is 29.2 Å². The zero-order valence-electron chi connectivity index (χ0n) is 15.1. The third-order valence-corrected chi connectivity index (χ3v) is 5.06. The first kappa shape index (κ1) is 19.4. The van der Waals surface area contributed by atoms with Gasteiger partial charge in [0.2, 0.25) is 5.43 Å². The van der Waals surface area contributed by atoms with Crippen LogP contribution in [0.25, 0.3) is 10.9 Å². The number of nitrogens with zero attached hydrogens (tertiary/aromatic N) is 2. The Morgan fingerprint density at radius 2 is 2.07 bits per heavy atom. The average Bonchev–Trinajstić information content (AvgIpc) is 3.13. The van der Waals surface area contributed by atoms with Crippen molar-refractivity contribution in [3.05, 3.63) is 45.0 Å². The number of esters is 1. The number of carbonyl (C=O) groups excluding carboxylic acids is 2. The number of carbonyl (C=O) groups is 2. The van der Waals surface area contributed by atoms with Gasteiger partial charge < -0.3 is 14.2 Å². The highest BCUT2D eigenvalue weighted by Gasteiger charge is 2.36. The molecule has 27 heavy (non-hydrogen) atoms. The number of halogens is 2. The topological polar surface area (TPSA) is 68.6 Å². The van der Waals surface area contributed by atoms with Crippen molar-refractivity contribution in [2.75, 3.05) is 13.2 Å². The summed E-state index contributed by atoms with van der Waals surface area (Å²) in [4.78, 5) is 39.4. The molecule has 0 spiro atoms. The van der Waals surface area contributed by atoms with Crippen molar-refractivity contribution in [3.63, 3.8) is 0 Å². The van der Waals surface area contributed by atoms with E-state index in [2.05, 4.69) is 0 Å². The summed E-state index contributed by atoms with van der Waals surface area (Å²) in [6.07, 6.45) is 2.58. The van der Waals surface area contributed by atoms with Crippen LogP contribution in [0.2, 0.25) is 5.02 Å². The quantitative estimate of drug-likeness (QED) is 0.747. The van der Waals surface area contributed by atoms with Crippen molar-refractivity contribution in [3.8, 4) is 0 Å². The second kappa shape index (κ2) is 7.68. The van der Waals surface area contributed by atoms with Crippen LogP contribution in [0.4, 0.5) is 4.39 Å². The summed E-state index contributed by atoms with van der Waals surface area (Å²) in [5.41, 5.74) is -0.221. The fourth-order valence-electron chi connectivity index (χ4n) is 3.45. The van der Waals surface area contributed by atoms with E-state index >= 15 is 0 Å². The number of aromatic nitrogens is 1. The summed E-state index contributed by atoms with van der Waals surface area (Å²) in [6.45, 7) is 4.58. The first-order valence-corrected chi connectivity index (χ1v) is 9.26. The molecule has 2 heterocycles. The molecule has 144 valence electrons. The van der Waals surface area contributed by atoms with Crippen molar-refractivity contribution in [1.29, 1.82) is 0 Å². The Balaban J connectivity index is 2.09. The standard InChI is InChI=1S/C19H20ClFN2O4/c1-3-22-10-12(17(24)11-8-14(21)13(20)9-16(11)22)18(25)23-7-5-6-15(23)19(26)27-4-2/h8-10,15H,3-7H2,1-2H3/t15-/m1/s1. The molecule has 0 aliphatic carbocycles. The Bertz CT molecular complexity index is 972. The maximum atomic E-state index is 13.9. The fraction of sp³-hybridized carbons (Fsp3) is 0.421. The summed E-state index contributed by atoms with van der Waals surface area (Å²) in [5.74, 6) is -1.74. The molecule has 1 aliphatic heterocycles. The fourth-order valence-corrected chi connectivity index (χ4v) is 3.60. The Morgan fingerprint density at radius 1 is 1.33 bits per heavy atom. The van der Waals surface area contributed by atoms with Gasteiger partial charge in [-0.05, 0) is 38.8 Å². The van der Waals surface area contributed by atoms with Gasteiger partial charge in [-0.1, -0.05) is 11.6 Å². The molecule has 1 aliphatic rings. The zero-order valence-corrected chi connectivity index (χ0v) is 15.9. The predicted octanol–water partition coefficient (Wildman–Crippen LogP) is 2.98. The minimum Gasteiger partial charge on any atom is -0.464 e. The molecule has 1 fully saturated rings. The van der Waals surface area contributed by atoms with Gasteiger partial charge >= 0.3 is 5.97 Å². The monoisotopic (exact) mass is 394 g/mol.